The average molecular weight is 359 g/mol. The maximum Gasteiger partial charge on any atom is 0.151 e. The van der Waals surface area contributed by atoms with Gasteiger partial charge in [0.1, 0.15) is 5.69 Å². The summed E-state index contributed by atoms with van der Waals surface area (Å²) >= 11 is 6.30. The average Bonchev–Trinajstić information content (AvgIpc) is 3.24. The molecule has 7 heteroatoms. The second-order valence-corrected chi connectivity index (χ2v) is 6.60. The molecule has 4 rings (SSSR count). The highest BCUT2D eigenvalue weighted by molar-refractivity contribution is 6.31. The monoisotopic (exact) mass is 358 g/mol. The number of hydrogen-bond acceptors (Lipinski definition) is 5. The lowest BCUT2D eigenvalue weighted by Crippen LogP contribution is -2.37. The quantitative estimate of drug-likeness (QED) is 0.716. The minimum absolute atomic E-state index is 0.0248. The number of aryl methyl sites for hydroxylation is 1. The molecule has 0 amide bonds. The van der Waals surface area contributed by atoms with Gasteiger partial charge in [0.25, 0.3) is 0 Å². The fourth-order valence-electron chi connectivity index (χ4n) is 3.07. The maximum absolute atomic E-state index is 6.30. The first-order valence-corrected chi connectivity index (χ1v) is 8.60. The minimum Gasteiger partial charge on any atom is -0.371 e. The number of morpholine rings is 1. The SMILES string of the molecule is Cn1cc(-c2cc(CN3CCO[C@H](c4ccccc4Cl)C3)on2)cn1. The molecule has 2 aromatic heterocycles. The summed E-state index contributed by atoms with van der Waals surface area (Å²) in [5.74, 6) is 0.832. The summed E-state index contributed by atoms with van der Waals surface area (Å²) in [5.41, 5.74) is 2.79. The van der Waals surface area contributed by atoms with Crippen molar-refractivity contribution in [1.29, 1.82) is 0 Å². The van der Waals surface area contributed by atoms with Gasteiger partial charge in [0.2, 0.25) is 0 Å². The molecule has 1 aliphatic heterocycles. The summed E-state index contributed by atoms with van der Waals surface area (Å²) in [6, 6.07) is 9.80. The van der Waals surface area contributed by atoms with Gasteiger partial charge in [-0.3, -0.25) is 9.58 Å². The Balaban J connectivity index is 1.44. The molecule has 1 saturated heterocycles. The molecule has 130 valence electrons. The van der Waals surface area contributed by atoms with E-state index in [0.717, 1.165) is 40.7 Å². The summed E-state index contributed by atoms with van der Waals surface area (Å²) < 4.78 is 13.2. The fourth-order valence-corrected chi connectivity index (χ4v) is 3.33. The van der Waals surface area contributed by atoms with Crippen LogP contribution in [0.4, 0.5) is 0 Å². The van der Waals surface area contributed by atoms with Gasteiger partial charge in [-0.15, -0.1) is 0 Å². The first kappa shape index (κ1) is 16.3. The molecule has 0 spiro atoms. The third-order valence-electron chi connectivity index (χ3n) is 4.34. The van der Waals surface area contributed by atoms with Crippen LogP contribution in [-0.2, 0) is 18.3 Å². The molecule has 25 heavy (non-hydrogen) atoms. The Kier molecular flexibility index (Phi) is 4.57. The van der Waals surface area contributed by atoms with Crippen LogP contribution in [0.15, 0.2) is 47.2 Å². The van der Waals surface area contributed by atoms with Crippen LogP contribution < -0.4 is 0 Å². The Bertz CT molecular complexity index is 860. The van der Waals surface area contributed by atoms with Crippen LogP contribution in [-0.4, -0.2) is 39.5 Å². The van der Waals surface area contributed by atoms with Crippen LogP contribution >= 0.6 is 11.6 Å². The highest BCUT2D eigenvalue weighted by atomic mass is 35.5. The molecule has 0 saturated carbocycles. The maximum atomic E-state index is 6.30. The lowest BCUT2D eigenvalue weighted by Gasteiger charge is -2.32. The third-order valence-corrected chi connectivity index (χ3v) is 4.69. The molecule has 1 aliphatic rings. The number of halogens is 1. The van der Waals surface area contributed by atoms with Crippen LogP contribution in [0.5, 0.6) is 0 Å². The first-order valence-electron chi connectivity index (χ1n) is 8.22. The van der Waals surface area contributed by atoms with E-state index in [0.29, 0.717) is 13.2 Å². The van der Waals surface area contributed by atoms with Crippen molar-refractivity contribution in [1.82, 2.24) is 19.8 Å². The van der Waals surface area contributed by atoms with Gasteiger partial charge in [0.05, 0.1) is 25.5 Å². The van der Waals surface area contributed by atoms with Gasteiger partial charge in [-0.1, -0.05) is 35.0 Å². The minimum atomic E-state index is -0.0248. The van der Waals surface area contributed by atoms with Crippen LogP contribution in [0.1, 0.15) is 17.4 Å². The van der Waals surface area contributed by atoms with E-state index < -0.39 is 0 Å². The summed E-state index contributed by atoms with van der Waals surface area (Å²) in [7, 11) is 1.88. The van der Waals surface area contributed by atoms with Crippen molar-refractivity contribution in [2.45, 2.75) is 12.6 Å². The van der Waals surface area contributed by atoms with Crippen molar-refractivity contribution in [2.24, 2.45) is 7.05 Å². The van der Waals surface area contributed by atoms with E-state index in [2.05, 4.69) is 15.2 Å². The number of aromatic nitrogens is 3. The van der Waals surface area contributed by atoms with Crippen molar-refractivity contribution >= 4 is 11.6 Å². The smallest absolute Gasteiger partial charge is 0.151 e. The highest BCUT2D eigenvalue weighted by Crippen LogP contribution is 2.29. The molecule has 3 heterocycles. The summed E-state index contributed by atoms with van der Waals surface area (Å²) in [5, 5.41) is 9.06. The van der Waals surface area contributed by atoms with Crippen molar-refractivity contribution in [3.05, 3.63) is 59.1 Å². The zero-order chi connectivity index (χ0) is 17.2. The molecule has 3 aromatic rings. The second kappa shape index (κ2) is 7.00. The highest BCUT2D eigenvalue weighted by Gasteiger charge is 2.24. The van der Waals surface area contributed by atoms with E-state index in [4.69, 9.17) is 20.9 Å². The standard InChI is InChI=1S/C18H19ClN4O2/c1-22-10-13(9-20-22)17-8-14(25-21-17)11-23-6-7-24-18(12-23)15-4-2-3-5-16(15)19/h2-5,8-10,18H,6-7,11-12H2,1H3/t18-/m0/s1. The topological polar surface area (TPSA) is 56.3 Å². The van der Waals surface area contributed by atoms with Crippen LogP contribution in [0.2, 0.25) is 5.02 Å². The lowest BCUT2D eigenvalue weighted by molar-refractivity contribution is -0.0350. The molecule has 1 aromatic carbocycles. The molecule has 0 N–H and O–H groups in total. The molecule has 1 atom stereocenters. The Morgan fingerprint density at radius 3 is 3.00 bits per heavy atom. The predicted molar refractivity (Wildman–Crippen MR) is 94.1 cm³/mol. The van der Waals surface area contributed by atoms with Crippen LogP contribution in [0, 0.1) is 0 Å². The van der Waals surface area contributed by atoms with Gasteiger partial charge in [0.15, 0.2) is 5.76 Å². The van der Waals surface area contributed by atoms with E-state index in [1.807, 2.05) is 43.6 Å². The molecule has 6 nitrogen and oxygen atoms in total. The molecular weight excluding hydrogens is 340 g/mol. The number of benzene rings is 1. The Hall–Kier alpha value is -2.15. The Labute approximate surface area is 150 Å². The Morgan fingerprint density at radius 1 is 1.32 bits per heavy atom. The fraction of sp³-hybridized carbons (Fsp3) is 0.333. The van der Waals surface area contributed by atoms with Gasteiger partial charge in [-0.05, 0) is 6.07 Å². The zero-order valence-corrected chi connectivity index (χ0v) is 14.7. The molecule has 0 bridgehead atoms. The summed E-state index contributed by atoms with van der Waals surface area (Å²) in [6.45, 7) is 2.98. The van der Waals surface area contributed by atoms with Crippen molar-refractivity contribution in [2.75, 3.05) is 19.7 Å². The Morgan fingerprint density at radius 2 is 2.20 bits per heavy atom. The van der Waals surface area contributed by atoms with Crippen LogP contribution in [0.25, 0.3) is 11.3 Å². The summed E-state index contributed by atoms with van der Waals surface area (Å²) in [6.07, 6.45) is 3.68. The largest absolute Gasteiger partial charge is 0.371 e. The van der Waals surface area contributed by atoms with Gasteiger partial charge in [0, 0.05) is 48.5 Å². The second-order valence-electron chi connectivity index (χ2n) is 6.20. The molecular formula is C18H19ClN4O2. The van der Waals surface area contributed by atoms with Crippen LogP contribution in [0.3, 0.4) is 0 Å². The number of hydrogen-bond donors (Lipinski definition) is 0. The molecule has 0 unspecified atom stereocenters. The van der Waals surface area contributed by atoms with E-state index in [1.165, 1.54) is 0 Å². The van der Waals surface area contributed by atoms with Gasteiger partial charge >= 0.3 is 0 Å². The van der Waals surface area contributed by atoms with E-state index in [9.17, 15) is 0 Å². The first-order chi connectivity index (χ1) is 12.2. The van der Waals surface area contributed by atoms with E-state index in [1.54, 1.807) is 10.9 Å². The van der Waals surface area contributed by atoms with Gasteiger partial charge < -0.3 is 9.26 Å². The van der Waals surface area contributed by atoms with Crippen molar-refractivity contribution < 1.29 is 9.26 Å². The third kappa shape index (κ3) is 3.61. The normalized spacial score (nSPS) is 18.6. The summed E-state index contributed by atoms with van der Waals surface area (Å²) in [4.78, 5) is 2.30. The zero-order valence-electron chi connectivity index (χ0n) is 13.9. The number of rotatable bonds is 4. The van der Waals surface area contributed by atoms with Gasteiger partial charge in [-0.2, -0.15) is 5.10 Å². The van der Waals surface area contributed by atoms with E-state index >= 15 is 0 Å². The number of ether oxygens (including phenoxy) is 1. The number of nitrogens with zero attached hydrogens (tertiary/aromatic N) is 4. The molecule has 0 aliphatic carbocycles. The predicted octanol–water partition coefficient (Wildman–Crippen LogP) is 3.30. The van der Waals surface area contributed by atoms with Gasteiger partial charge in [-0.25, -0.2) is 0 Å². The van der Waals surface area contributed by atoms with Crippen molar-refractivity contribution in [3.63, 3.8) is 0 Å². The molecule has 0 radical (unpaired) electrons. The van der Waals surface area contributed by atoms with E-state index in [-0.39, 0.29) is 6.10 Å². The lowest BCUT2D eigenvalue weighted by atomic mass is 10.1. The van der Waals surface area contributed by atoms with Crippen molar-refractivity contribution in [3.8, 4) is 11.3 Å². The molecule has 1 fully saturated rings.